The van der Waals surface area contributed by atoms with Crippen LogP contribution in [0.2, 0.25) is 0 Å². The highest BCUT2D eigenvalue weighted by molar-refractivity contribution is 7.96. The van der Waals surface area contributed by atoms with Crippen molar-refractivity contribution in [2.24, 2.45) is 0 Å². The Morgan fingerprint density at radius 1 is 1.28 bits per heavy atom. The molecular weight excluding hydrogens is 264 g/mol. The third-order valence-corrected chi connectivity index (χ3v) is 3.40. The fourth-order valence-electron chi connectivity index (χ4n) is 1.61. The highest BCUT2D eigenvalue weighted by atomic mass is 32.1. The molecule has 94 valence electrons. The van der Waals surface area contributed by atoms with E-state index in [1.807, 2.05) is 18.2 Å². The summed E-state index contributed by atoms with van der Waals surface area (Å²) in [5.74, 6) is 0.838. The Bertz CT molecular complexity index is 506. The summed E-state index contributed by atoms with van der Waals surface area (Å²) < 4.78 is 5.61. The monoisotopic (exact) mass is 278 g/mol. The Balaban J connectivity index is 1.94. The number of carbonyl (C=O) groups excluding carboxylic acids is 1. The molecule has 0 atom stereocenters. The molecule has 18 heavy (non-hydrogen) atoms. The second-order valence-electron chi connectivity index (χ2n) is 3.89. The van der Waals surface area contributed by atoms with Crippen LogP contribution in [0.1, 0.15) is 12.8 Å². The molecule has 4 heteroatoms. The molecule has 1 aromatic heterocycles. The second kappa shape index (κ2) is 6.61. The van der Waals surface area contributed by atoms with Gasteiger partial charge in [0.1, 0.15) is 5.75 Å². The predicted molar refractivity (Wildman–Crippen MR) is 78.5 cm³/mol. The molecule has 1 heterocycles. The Labute approximate surface area is 116 Å². The summed E-state index contributed by atoms with van der Waals surface area (Å²) in [6.45, 7) is 0.541. The van der Waals surface area contributed by atoms with E-state index in [0.717, 1.165) is 11.3 Å². The number of hydrogen-bond acceptors (Lipinski definition) is 3. The average molecular weight is 278 g/mol. The Kier molecular flexibility index (Phi) is 4.84. The number of rotatable bonds is 6. The van der Waals surface area contributed by atoms with Gasteiger partial charge < -0.3 is 4.74 Å². The number of carbonyl (C=O) groups is 1. The molecule has 2 aromatic rings. The lowest BCUT2D eigenvalue weighted by Crippen LogP contribution is -1.99. The molecule has 0 bridgehead atoms. The maximum absolute atomic E-state index is 10.7. The van der Waals surface area contributed by atoms with Crippen molar-refractivity contribution in [3.63, 3.8) is 0 Å². The van der Waals surface area contributed by atoms with E-state index in [2.05, 4.69) is 35.5 Å². The first kappa shape index (κ1) is 13.2. The van der Waals surface area contributed by atoms with Gasteiger partial charge in [0.25, 0.3) is 0 Å². The highest BCUT2D eigenvalue weighted by Gasteiger charge is 2.01. The van der Waals surface area contributed by atoms with Crippen LogP contribution in [-0.2, 0) is 4.79 Å². The van der Waals surface area contributed by atoms with Crippen LogP contribution >= 0.6 is 24.0 Å². The second-order valence-corrected chi connectivity index (χ2v) is 5.16. The first-order valence-corrected chi connectivity index (χ1v) is 7.12. The van der Waals surface area contributed by atoms with Crippen molar-refractivity contribution >= 4 is 29.1 Å². The predicted octanol–water partition coefficient (Wildman–Crippen LogP) is 4.03. The zero-order valence-electron chi connectivity index (χ0n) is 9.83. The quantitative estimate of drug-likeness (QED) is 0.638. The molecule has 0 aliphatic carbocycles. The van der Waals surface area contributed by atoms with Crippen LogP contribution < -0.4 is 4.74 Å². The van der Waals surface area contributed by atoms with Gasteiger partial charge in [-0.05, 0) is 46.5 Å². The molecule has 0 fully saturated rings. The van der Waals surface area contributed by atoms with Gasteiger partial charge in [-0.3, -0.25) is 4.79 Å². The van der Waals surface area contributed by atoms with Crippen molar-refractivity contribution in [1.29, 1.82) is 0 Å². The lowest BCUT2D eigenvalue weighted by atomic mass is 10.1. The van der Waals surface area contributed by atoms with Crippen LogP contribution in [0.5, 0.6) is 5.75 Å². The SMILES string of the molecule is O=C(S)CCCOc1cccc(-c2ccsc2)c1. The first-order chi connectivity index (χ1) is 8.75. The number of benzene rings is 1. The Hall–Kier alpha value is -1.26. The maximum atomic E-state index is 10.7. The summed E-state index contributed by atoms with van der Waals surface area (Å²) in [5, 5.41) is 4.07. The molecular formula is C14H14O2S2. The van der Waals surface area contributed by atoms with Gasteiger partial charge in [0.05, 0.1) is 6.61 Å². The molecule has 0 radical (unpaired) electrons. The normalized spacial score (nSPS) is 10.3. The van der Waals surface area contributed by atoms with Crippen molar-refractivity contribution in [3.05, 3.63) is 41.1 Å². The van der Waals surface area contributed by atoms with Gasteiger partial charge in [0, 0.05) is 6.42 Å². The van der Waals surface area contributed by atoms with E-state index in [4.69, 9.17) is 4.74 Å². The summed E-state index contributed by atoms with van der Waals surface area (Å²) >= 11 is 5.40. The molecule has 0 saturated carbocycles. The van der Waals surface area contributed by atoms with Crippen LogP contribution in [0.3, 0.4) is 0 Å². The summed E-state index contributed by atoms with van der Waals surface area (Å²) in [6.07, 6.45) is 1.15. The lowest BCUT2D eigenvalue weighted by molar-refractivity contribution is -0.111. The molecule has 2 rings (SSSR count). The van der Waals surface area contributed by atoms with Gasteiger partial charge in [-0.25, -0.2) is 0 Å². The minimum Gasteiger partial charge on any atom is -0.494 e. The topological polar surface area (TPSA) is 26.3 Å². The average Bonchev–Trinajstić information content (AvgIpc) is 2.89. The van der Waals surface area contributed by atoms with Gasteiger partial charge in [0.2, 0.25) is 0 Å². The minimum absolute atomic E-state index is 0.0920. The number of thiophene rings is 1. The van der Waals surface area contributed by atoms with Gasteiger partial charge in [-0.1, -0.05) is 12.1 Å². The molecule has 1 aromatic carbocycles. The zero-order valence-corrected chi connectivity index (χ0v) is 11.5. The number of ether oxygens (including phenoxy) is 1. The van der Waals surface area contributed by atoms with Crippen molar-refractivity contribution in [3.8, 4) is 16.9 Å². The van der Waals surface area contributed by atoms with E-state index in [0.29, 0.717) is 19.4 Å². The molecule has 0 aliphatic rings. The van der Waals surface area contributed by atoms with Crippen LogP contribution in [-0.4, -0.2) is 11.7 Å². The van der Waals surface area contributed by atoms with Gasteiger partial charge in [0.15, 0.2) is 5.12 Å². The summed E-state index contributed by atoms with van der Waals surface area (Å²) in [5.41, 5.74) is 2.36. The van der Waals surface area contributed by atoms with Crippen molar-refractivity contribution < 1.29 is 9.53 Å². The van der Waals surface area contributed by atoms with E-state index in [-0.39, 0.29) is 5.12 Å². The fourth-order valence-corrected chi connectivity index (χ4v) is 2.43. The third kappa shape index (κ3) is 3.89. The van der Waals surface area contributed by atoms with Gasteiger partial charge >= 0.3 is 0 Å². The Morgan fingerprint density at radius 3 is 2.89 bits per heavy atom. The van der Waals surface area contributed by atoms with Crippen molar-refractivity contribution in [2.75, 3.05) is 6.61 Å². The molecule has 2 nitrogen and oxygen atoms in total. The van der Waals surface area contributed by atoms with E-state index in [9.17, 15) is 4.79 Å². The minimum atomic E-state index is -0.0920. The highest BCUT2D eigenvalue weighted by Crippen LogP contribution is 2.25. The smallest absolute Gasteiger partial charge is 0.186 e. The van der Waals surface area contributed by atoms with Crippen LogP contribution in [0.15, 0.2) is 41.1 Å². The third-order valence-electron chi connectivity index (χ3n) is 2.49. The Morgan fingerprint density at radius 2 is 2.17 bits per heavy atom. The van der Waals surface area contributed by atoms with Crippen molar-refractivity contribution in [1.82, 2.24) is 0 Å². The van der Waals surface area contributed by atoms with Gasteiger partial charge in [-0.15, -0.1) is 12.6 Å². The molecule has 0 unspecified atom stereocenters. The summed E-state index contributed by atoms with van der Waals surface area (Å²) in [7, 11) is 0. The fraction of sp³-hybridized carbons (Fsp3) is 0.214. The van der Waals surface area contributed by atoms with Gasteiger partial charge in [-0.2, -0.15) is 11.3 Å². The lowest BCUT2D eigenvalue weighted by Gasteiger charge is -2.06. The van der Waals surface area contributed by atoms with E-state index >= 15 is 0 Å². The van der Waals surface area contributed by atoms with E-state index < -0.39 is 0 Å². The zero-order chi connectivity index (χ0) is 12.8. The number of thiol groups is 1. The molecule has 0 N–H and O–H groups in total. The maximum Gasteiger partial charge on any atom is 0.186 e. The summed E-state index contributed by atoms with van der Waals surface area (Å²) in [4.78, 5) is 10.7. The van der Waals surface area contributed by atoms with Crippen LogP contribution in [0, 0.1) is 0 Å². The first-order valence-electron chi connectivity index (χ1n) is 5.73. The molecule has 0 aliphatic heterocycles. The van der Waals surface area contributed by atoms with E-state index in [1.54, 1.807) is 11.3 Å². The molecule has 0 spiro atoms. The van der Waals surface area contributed by atoms with Crippen LogP contribution in [0.25, 0.3) is 11.1 Å². The van der Waals surface area contributed by atoms with E-state index in [1.165, 1.54) is 5.56 Å². The largest absolute Gasteiger partial charge is 0.494 e. The number of hydrogen-bond donors (Lipinski definition) is 1. The molecule has 0 saturated heterocycles. The summed E-state index contributed by atoms with van der Waals surface area (Å²) in [6, 6.07) is 10.1. The standard InChI is InChI=1S/C14H14O2S2/c15-14(17)5-2-7-16-13-4-1-3-11(9-13)12-6-8-18-10-12/h1,3-4,6,8-10H,2,5,7H2,(H,15,17). The van der Waals surface area contributed by atoms with Crippen LogP contribution in [0.4, 0.5) is 0 Å². The molecule has 0 amide bonds. The van der Waals surface area contributed by atoms with Crippen molar-refractivity contribution in [2.45, 2.75) is 12.8 Å².